The molecule has 7 heteroatoms. The third kappa shape index (κ3) is 6.94. The second kappa shape index (κ2) is 11.6. The fraction of sp³-hybridized carbons (Fsp3) is 0.857. The zero-order valence-electron chi connectivity index (χ0n) is 17.4. The highest BCUT2D eigenvalue weighted by molar-refractivity contribution is 5.02. The van der Waals surface area contributed by atoms with Crippen LogP contribution in [0.15, 0.2) is 12.2 Å². The molecule has 0 radical (unpaired) electrons. The van der Waals surface area contributed by atoms with Crippen LogP contribution in [0.25, 0.3) is 0 Å². The van der Waals surface area contributed by atoms with Crippen molar-refractivity contribution in [2.45, 2.75) is 102 Å². The van der Waals surface area contributed by atoms with E-state index in [9.17, 15) is 15.3 Å². The minimum Gasteiger partial charge on any atom is -0.393 e. The Bertz CT molecular complexity index is 562. The highest BCUT2D eigenvalue weighted by Crippen LogP contribution is 2.43. The molecule has 0 saturated heterocycles. The number of hydrogen-bond acceptors (Lipinski definition) is 6. The van der Waals surface area contributed by atoms with Crippen molar-refractivity contribution in [3.63, 3.8) is 0 Å². The molecule has 1 saturated carbocycles. The zero-order valence-corrected chi connectivity index (χ0v) is 17.4. The molecule has 0 aromatic carbocycles. The van der Waals surface area contributed by atoms with Gasteiger partial charge in [-0.15, -0.1) is 10.2 Å². The summed E-state index contributed by atoms with van der Waals surface area (Å²) in [5.74, 6) is 0.338. The quantitative estimate of drug-likeness (QED) is 0.302. The van der Waals surface area contributed by atoms with Crippen LogP contribution in [-0.4, -0.2) is 53.8 Å². The van der Waals surface area contributed by atoms with Gasteiger partial charge < -0.3 is 15.3 Å². The van der Waals surface area contributed by atoms with E-state index in [-0.39, 0.29) is 11.8 Å². The number of aliphatic hydroxyl groups excluding tert-OH is 2. The Kier molecular flexibility index (Phi) is 9.55. The van der Waals surface area contributed by atoms with Gasteiger partial charge >= 0.3 is 0 Å². The summed E-state index contributed by atoms with van der Waals surface area (Å²) in [6.07, 6.45) is 13.0. The average molecular weight is 395 g/mol. The van der Waals surface area contributed by atoms with Crippen LogP contribution >= 0.6 is 0 Å². The average Bonchev–Trinajstić information content (AvgIpc) is 3.25. The normalized spacial score (nSPS) is 27.5. The maximum atomic E-state index is 11.1. The van der Waals surface area contributed by atoms with E-state index in [1.807, 2.05) is 6.92 Å². The Morgan fingerprint density at radius 2 is 1.89 bits per heavy atom. The van der Waals surface area contributed by atoms with Crippen molar-refractivity contribution in [3.8, 4) is 0 Å². The van der Waals surface area contributed by atoms with Gasteiger partial charge in [-0.25, -0.2) is 0 Å². The highest BCUT2D eigenvalue weighted by Gasteiger charge is 2.49. The number of nitrogens with zero attached hydrogens (tertiary/aromatic N) is 3. The Balaban J connectivity index is 1.80. The number of aryl methyl sites for hydroxylation is 1. The van der Waals surface area contributed by atoms with Gasteiger partial charge in [0.2, 0.25) is 0 Å². The van der Waals surface area contributed by atoms with Crippen LogP contribution in [0.3, 0.4) is 0 Å². The van der Waals surface area contributed by atoms with Gasteiger partial charge in [-0.3, -0.25) is 0 Å². The maximum absolute atomic E-state index is 11.1. The summed E-state index contributed by atoms with van der Waals surface area (Å²) in [5, 5.41) is 45.8. The van der Waals surface area contributed by atoms with E-state index in [2.05, 4.69) is 39.7 Å². The van der Waals surface area contributed by atoms with Gasteiger partial charge in [0.25, 0.3) is 0 Å². The predicted molar refractivity (Wildman–Crippen MR) is 108 cm³/mol. The molecule has 1 aliphatic rings. The van der Waals surface area contributed by atoms with Gasteiger partial charge in [-0.2, -0.15) is 5.21 Å². The standard InChI is InChI=1S/C21H38N4O3/c1-3-4-5-8-11-14-21(2,28)20-16(17(26)15-18(20)27)12-9-6-7-10-13-19-22-24-25-23-19/h6,9,16-18,20,26-28H,3-5,7-8,10-15H2,1-2H3,(H,22,23,24,25)/b9-6-/t16-,17-,18+,20+,21?/m1/s1. The number of hydrogen-bond donors (Lipinski definition) is 4. The van der Waals surface area contributed by atoms with Crippen LogP contribution in [0, 0.1) is 11.8 Å². The van der Waals surface area contributed by atoms with Crippen LogP contribution in [0.2, 0.25) is 0 Å². The predicted octanol–water partition coefficient (Wildman–Crippen LogP) is 2.94. The van der Waals surface area contributed by atoms with E-state index in [0.717, 1.165) is 37.9 Å². The minimum atomic E-state index is -0.944. The molecule has 5 atom stereocenters. The van der Waals surface area contributed by atoms with E-state index in [1.54, 1.807) is 0 Å². The summed E-state index contributed by atoms with van der Waals surface area (Å²) in [4.78, 5) is 0. The Labute approximate surface area is 168 Å². The Morgan fingerprint density at radius 1 is 1.11 bits per heavy atom. The summed E-state index contributed by atoms with van der Waals surface area (Å²) < 4.78 is 0. The van der Waals surface area contributed by atoms with Crippen molar-refractivity contribution in [1.29, 1.82) is 0 Å². The molecule has 0 aliphatic heterocycles. The zero-order chi connectivity index (χ0) is 20.4. The summed E-state index contributed by atoms with van der Waals surface area (Å²) in [7, 11) is 0. The summed E-state index contributed by atoms with van der Waals surface area (Å²) in [6.45, 7) is 4.02. The summed E-state index contributed by atoms with van der Waals surface area (Å²) in [5.41, 5.74) is -0.944. The maximum Gasteiger partial charge on any atom is 0.174 e. The number of tetrazole rings is 1. The molecule has 2 rings (SSSR count). The van der Waals surface area contributed by atoms with Crippen molar-refractivity contribution in [2.75, 3.05) is 0 Å². The third-order valence-corrected chi connectivity index (χ3v) is 6.09. The van der Waals surface area contributed by atoms with Crippen LogP contribution in [0.4, 0.5) is 0 Å². The highest BCUT2D eigenvalue weighted by atomic mass is 16.3. The van der Waals surface area contributed by atoms with Crippen LogP contribution in [-0.2, 0) is 6.42 Å². The van der Waals surface area contributed by atoms with Crippen LogP contribution < -0.4 is 0 Å². The second-order valence-corrected chi connectivity index (χ2v) is 8.51. The van der Waals surface area contributed by atoms with E-state index in [1.165, 1.54) is 19.3 Å². The molecule has 0 spiro atoms. The first-order valence-electron chi connectivity index (χ1n) is 10.9. The SMILES string of the molecule is CCCCCCCC(C)(O)[C@H]1[C@H](C/C=C\CCCc2nn[nH]n2)[C@H](O)C[C@@H]1O. The van der Waals surface area contributed by atoms with Crippen LogP contribution in [0.5, 0.6) is 0 Å². The molecule has 0 bridgehead atoms. The molecule has 1 unspecified atom stereocenters. The van der Waals surface area contributed by atoms with Crippen molar-refractivity contribution >= 4 is 0 Å². The molecule has 1 aliphatic carbocycles. The summed E-state index contributed by atoms with van der Waals surface area (Å²) >= 11 is 0. The van der Waals surface area contributed by atoms with E-state index >= 15 is 0 Å². The first-order chi connectivity index (χ1) is 13.5. The lowest BCUT2D eigenvalue weighted by molar-refractivity contribution is -0.0727. The van der Waals surface area contributed by atoms with E-state index < -0.39 is 17.8 Å². The molecule has 1 fully saturated rings. The number of aromatic amines is 1. The Morgan fingerprint density at radius 3 is 2.61 bits per heavy atom. The molecule has 4 N–H and O–H groups in total. The van der Waals surface area contributed by atoms with Gasteiger partial charge in [0.05, 0.1) is 17.8 Å². The van der Waals surface area contributed by atoms with Crippen molar-refractivity contribution in [3.05, 3.63) is 18.0 Å². The molecule has 160 valence electrons. The van der Waals surface area contributed by atoms with Crippen molar-refractivity contribution in [2.24, 2.45) is 11.8 Å². The van der Waals surface area contributed by atoms with Gasteiger partial charge in [0.15, 0.2) is 5.82 Å². The molecule has 1 aromatic rings. The van der Waals surface area contributed by atoms with Gasteiger partial charge in [0, 0.05) is 12.3 Å². The largest absolute Gasteiger partial charge is 0.393 e. The number of allylic oxidation sites excluding steroid dienone is 2. The lowest BCUT2D eigenvalue weighted by Gasteiger charge is -2.36. The lowest BCUT2D eigenvalue weighted by atomic mass is 9.75. The molecule has 7 nitrogen and oxygen atoms in total. The molecule has 28 heavy (non-hydrogen) atoms. The first-order valence-corrected chi connectivity index (χ1v) is 10.9. The molecule has 1 aromatic heterocycles. The molecular formula is C21H38N4O3. The second-order valence-electron chi connectivity index (χ2n) is 8.51. The number of unbranched alkanes of at least 4 members (excludes halogenated alkanes) is 5. The fourth-order valence-electron chi connectivity index (χ4n) is 4.56. The topological polar surface area (TPSA) is 115 Å². The lowest BCUT2D eigenvalue weighted by Crippen LogP contribution is -2.43. The molecule has 1 heterocycles. The number of aliphatic hydroxyl groups is 3. The molecular weight excluding hydrogens is 356 g/mol. The summed E-state index contributed by atoms with van der Waals surface area (Å²) in [6, 6.07) is 0. The van der Waals surface area contributed by atoms with Crippen LogP contribution in [0.1, 0.15) is 83.9 Å². The number of H-pyrrole nitrogens is 1. The van der Waals surface area contributed by atoms with Gasteiger partial charge in [-0.05, 0) is 44.9 Å². The van der Waals surface area contributed by atoms with E-state index in [4.69, 9.17) is 0 Å². The van der Waals surface area contributed by atoms with E-state index in [0.29, 0.717) is 19.3 Å². The third-order valence-electron chi connectivity index (χ3n) is 6.09. The van der Waals surface area contributed by atoms with Gasteiger partial charge in [0.1, 0.15) is 0 Å². The van der Waals surface area contributed by atoms with Crippen molar-refractivity contribution < 1.29 is 15.3 Å². The minimum absolute atomic E-state index is 0.103. The van der Waals surface area contributed by atoms with Gasteiger partial charge in [-0.1, -0.05) is 56.4 Å². The number of nitrogens with one attached hydrogen (secondary N) is 1. The van der Waals surface area contributed by atoms with Crippen molar-refractivity contribution in [1.82, 2.24) is 20.6 Å². The Hall–Kier alpha value is -1.31. The smallest absolute Gasteiger partial charge is 0.174 e. The number of rotatable bonds is 13. The molecule has 0 amide bonds. The monoisotopic (exact) mass is 394 g/mol. The number of aromatic nitrogens is 4. The first kappa shape index (κ1) is 23.0. The fourth-order valence-corrected chi connectivity index (χ4v) is 4.56.